The molecule has 0 saturated heterocycles. The lowest BCUT2D eigenvalue weighted by atomic mass is 10.4. The van der Waals surface area contributed by atoms with Crippen LogP contribution in [0.25, 0.3) is 0 Å². The summed E-state index contributed by atoms with van der Waals surface area (Å²) in [6.07, 6.45) is 2.15. The van der Waals surface area contributed by atoms with E-state index in [1.54, 1.807) is 0 Å². The highest BCUT2D eigenvalue weighted by Gasteiger charge is 2.21. The number of rotatable bonds is 8. The van der Waals surface area contributed by atoms with Gasteiger partial charge in [0, 0.05) is 21.3 Å². The first-order chi connectivity index (χ1) is 6.77. The quantitative estimate of drug-likeness (QED) is 0.527. The summed E-state index contributed by atoms with van der Waals surface area (Å²) < 4.78 is 5.90. The predicted octanol–water partition coefficient (Wildman–Crippen LogP) is 3.32. The summed E-state index contributed by atoms with van der Waals surface area (Å²) in [5.41, 5.74) is 0. The summed E-state index contributed by atoms with van der Waals surface area (Å²) in [5, 5.41) is 8.74. The summed E-state index contributed by atoms with van der Waals surface area (Å²) in [5.74, 6) is 0. The Bertz CT molecular complexity index is 164. The minimum Gasteiger partial charge on any atom is -0.418 e. The van der Waals surface area contributed by atoms with Gasteiger partial charge < -0.3 is 9.53 Å². The summed E-state index contributed by atoms with van der Waals surface area (Å²) in [6, 6.07) is 2.59. The van der Waals surface area contributed by atoms with Crippen LogP contribution in [0.4, 0.5) is 0 Å². The van der Waals surface area contributed by atoms with Crippen LogP contribution in [0.15, 0.2) is 0 Å². The first-order valence-corrected chi connectivity index (χ1v) is 12.8. The van der Waals surface area contributed by atoms with Crippen molar-refractivity contribution in [3.8, 4) is 0 Å². The molecule has 4 heteroatoms. The molecule has 15 heavy (non-hydrogen) atoms. The zero-order chi connectivity index (χ0) is 11.9. The number of hydrogen-bond acceptors (Lipinski definition) is 2. The van der Waals surface area contributed by atoms with E-state index in [0.29, 0.717) is 6.61 Å². The maximum Gasteiger partial charge on any atom is 0.183 e. The van der Waals surface area contributed by atoms with Crippen molar-refractivity contribution in [2.75, 3.05) is 13.2 Å². The van der Waals surface area contributed by atoms with Gasteiger partial charge in [0.25, 0.3) is 0 Å². The Morgan fingerprint density at radius 1 is 0.933 bits per heavy atom. The van der Waals surface area contributed by atoms with Crippen molar-refractivity contribution in [1.29, 1.82) is 0 Å². The number of unbranched alkanes of at least 4 members (excludes halogenated alkanes) is 1. The Morgan fingerprint density at radius 3 is 2.00 bits per heavy atom. The van der Waals surface area contributed by atoms with Gasteiger partial charge in [0.15, 0.2) is 8.32 Å². The van der Waals surface area contributed by atoms with E-state index in [1.807, 2.05) is 0 Å². The minimum absolute atomic E-state index is 0.343. The summed E-state index contributed by atoms with van der Waals surface area (Å²) in [7, 11) is -2.37. The van der Waals surface area contributed by atoms with Crippen molar-refractivity contribution < 1.29 is 9.53 Å². The van der Waals surface area contributed by atoms with Gasteiger partial charge in [0.2, 0.25) is 0 Å². The van der Waals surface area contributed by atoms with Crippen LogP contribution in [-0.2, 0) is 4.43 Å². The van der Waals surface area contributed by atoms with Crippen LogP contribution < -0.4 is 0 Å². The standard InChI is InChI=1S/C11H28O2Si2/c1-14(2,3)13-9-11-15(4,5)10-7-6-8-12/h12H,6-11H2,1-5H3. The van der Waals surface area contributed by atoms with Crippen molar-refractivity contribution in [3.05, 3.63) is 0 Å². The lowest BCUT2D eigenvalue weighted by Crippen LogP contribution is -2.31. The van der Waals surface area contributed by atoms with Gasteiger partial charge in [-0.15, -0.1) is 0 Å². The summed E-state index contributed by atoms with van der Waals surface area (Å²) in [6.45, 7) is 12.9. The molecule has 0 bridgehead atoms. The van der Waals surface area contributed by atoms with Gasteiger partial charge in [-0.25, -0.2) is 0 Å². The number of aliphatic hydroxyl groups excluding tert-OH is 1. The van der Waals surface area contributed by atoms with Crippen LogP contribution in [0.5, 0.6) is 0 Å². The molecule has 0 spiro atoms. The van der Waals surface area contributed by atoms with Gasteiger partial charge in [0.1, 0.15) is 0 Å². The SMILES string of the molecule is C[Si](C)(CCCCO)CCO[Si](C)(C)C. The second-order valence-electron chi connectivity index (χ2n) is 6.06. The third-order valence-corrected chi connectivity index (χ3v) is 6.91. The van der Waals surface area contributed by atoms with E-state index in [2.05, 4.69) is 32.7 Å². The van der Waals surface area contributed by atoms with Crippen molar-refractivity contribution in [2.45, 2.75) is 57.7 Å². The van der Waals surface area contributed by atoms with E-state index in [-0.39, 0.29) is 0 Å². The molecule has 0 saturated carbocycles. The Morgan fingerprint density at radius 2 is 1.53 bits per heavy atom. The van der Waals surface area contributed by atoms with E-state index in [9.17, 15) is 0 Å². The third kappa shape index (κ3) is 10.6. The van der Waals surface area contributed by atoms with E-state index in [0.717, 1.165) is 13.0 Å². The van der Waals surface area contributed by atoms with E-state index in [4.69, 9.17) is 9.53 Å². The molecule has 0 aromatic rings. The molecule has 0 rings (SSSR count). The van der Waals surface area contributed by atoms with E-state index < -0.39 is 16.4 Å². The number of hydrogen-bond donors (Lipinski definition) is 1. The second kappa shape index (κ2) is 6.83. The molecule has 0 aromatic carbocycles. The molecule has 0 aliphatic heterocycles. The zero-order valence-corrected chi connectivity index (χ0v) is 13.1. The molecule has 0 aromatic heterocycles. The van der Waals surface area contributed by atoms with Gasteiger partial charge in [-0.1, -0.05) is 25.6 Å². The average molecular weight is 249 g/mol. The van der Waals surface area contributed by atoms with Crippen molar-refractivity contribution in [1.82, 2.24) is 0 Å². The molecule has 2 nitrogen and oxygen atoms in total. The van der Waals surface area contributed by atoms with Crippen LogP contribution in [0.2, 0.25) is 44.8 Å². The molecule has 0 aliphatic rings. The van der Waals surface area contributed by atoms with Gasteiger partial charge in [-0.3, -0.25) is 0 Å². The molecular weight excluding hydrogens is 220 g/mol. The normalized spacial score (nSPS) is 13.2. The lowest BCUT2D eigenvalue weighted by molar-refractivity contribution is 0.286. The fourth-order valence-corrected chi connectivity index (χ4v) is 4.50. The highest BCUT2D eigenvalue weighted by atomic mass is 28.4. The van der Waals surface area contributed by atoms with E-state index in [1.165, 1.54) is 18.5 Å². The average Bonchev–Trinajstić information content (AvgIpc) is 2.01. The van der Waals surface area contributed by atoms with Crippen molar-refractivity contribution >= 4 is 16.4 Å². The smallest absolute Gasteiger partial charge is 0.183 e. The molecule has 1 N–H and O–H groups in total. The van der Waals surface area contributed by atoms with Gasteiger partial charge in [0.05, 0.1) is 0 Å². The number of aliphatic hydroxyl groups is 1. The van der Waals surface area contributed by atoms with Gasteiger partial charge in [-0.05, 0) is 32.1 Å². The molecule has 0 amide bonds. The first-order valence-electron chi connectivity index (χ1n) is 6.02. The fourth-order valence-electron chi connectivity index (χ4n) is 1.47. The molecule has 0 atom stereocenters. The predicted molar refractivity (Wildman–Crippen MR) is 72.7 cm³/mol. The van der Waals surface area contributed by atoms with Gasteiger partial charge >= 0.3 is 0 Å². The molecule has 0 heterocycles. The lowest BCUT2D eigenvalue weighted by Gasteiger charge is -2.25. The third-order valence-electron chi connectivity index (χ3n) is 2.58. The maximum absolute atomic E-state index is 8.74. The highest BCUT2D eigenvalue weighted by molar-refractivity contribution is 6.77. The van der Waals surface area contributed by atoms with Crippen LogP contribution in [0.1, 0.15) is 12.8 Å². The largest absolute Gasteiger partial charge is 0.418 e. The Hall–Kier alpha value is 0.354. The summed E-state index contributed by atoms with van der Waals surface area (Å²) in [4.78, 5) is 0. The van der Waals surface area contributed by atoms with Crippen LogP contribution in [0, 0.1) is 0 Å². The van der Waals surface area contributed by atoms with Crippen molar-refractivity contribution in [2.24, 2.45) is 0 Å². The van der Waals surface area contributed by atoms with Crippen LogP contribution in [0.3, 0.4) is 0 Å². The minimum atomic E-state index is -1.31. The zero-order valence-electron chi connectivity index (χ0n) is 11.1. The topological polar surface area (TPSA) is 29.5 Å². The summed E-state index contributed by atoms with van der Waals surface area (Å²) >= 11 is 0. The molecule has 0 radical (unpaired) electrons. The Balaban J connectivity index is 3.64. The van der Waals surface area contributed by atoms with Crippen LogP contribution >= 0.6 is 0 Å². The first kappa shape index (κ1) is 15.4. The van der Waals surface area contributed by atoms with E-state index >= 15 is 0 Å². The monoisotopic (exact) mass is 248 g/mol. The molecule has 0 aliphatic carbocycles. The van der Waals surface area contributed by atoms with Crippen LogP contribution in [-0.4, -0.2) is 34.7 Å². The molecule has 0 unspecified atom stereocenters. The molecule has 0 fully saturated rings. The molecular formula is C11H28O2Si2. The molecule has 92 valence electrons. The second-order valence-corrected chi connectivity index (χ2v) is 15.9. The maximum atomic E-state index is 8.74. The fraction of sp³-hybridized carbons (Fsp3) is 1.00. The van der Waals surface area contributed by atoms with Crippen molar-refractivity contribution in [3.63, 3.8) is 0 Å². The highest BCUT2D eigenvalue weighted by Crippen LogP contribution is 2.19. The Kier molecular flexibility index (Phi) is 6.99. The Labute approximate surface area is 97.2 Å². The van der Waals surface area contributed by atoms with Gasteiger partial charge in [-0.2, -0.15) is 0 Å².